The van der Waals surface area contributed by atoms with Crippen LogP contribution >= 0.6 is 0 Å². The molecule has 0 fully saturated rings. The Morgan fingerprint density at radius 2 is 1.05 bits per heavy atom. The molecule has 0 saturated heterocycles. The second kappa shape index (κ2) is 7.11. The molecule has 0 saturated carbocycles. The van der Waals surface area contributed by atoms with E-state index in [0.717, 1.165) is 22.6 Å². The lowest BCUT2D eigenvalue weighted by molar-refractivity contribution is 0.0804. The molecule has 0 radical (unpaired) electrons. The maximum Gasteiger partial charge on any atom is 0.118 e. The van der Waals surface area contributed by atoms with E-state index in [1.165, 1.54) is 0 Å². The topological polar surface area (TPSA) is 58.9 Å². The van der Waals surface area contributed by atoms with E-state index >= 15 is 0 Å². The van der Waals surface area contributed by atoms with E-state index < -0.39 is 12.2 Å². The highest BCUT2D eigenvalue weighted by Gasteiger charge is 2.15. The summed E-state index contributed by atoms with van der Waals surface area (Å²) in [5.74, 6) is 1.48. The summed E-state index contributed by atoms with van der Waals surface area (Å²) in [5.41, 5.74) is 1.51. The van der Waals surface area contributed by atoms with Gasteiger partial charge in [0.1, 0.15) is 11.5 Å². The Balaban J connectivity index is 2.01. The summed E-state index contributed by atoms with van der Waals surface area (Å²) in [6.45, 7) is 0. The van der Waals surface area contributed by atoms with Crippen molar-refractivity contribution in [3.63, 3.8) is 0 Å². The largest absolute Gasteiger partial charge is 0.497 e. The molecule has 0 unspecified atom stereocenters. The number of aliphatic hydroxyl groups excluding tert-OH is 2. The first kappa shape index (κ1) is 15.4. The van der Waals surface area contributed by atoms with Gasteiger partial charge in [0.15, 0.2) is 0 Å². The Kier molecular flexibility index (Phi) is 5.20. The van der Waals surface area contributed by atoms with Gasteiger partial charge in [-0.2, -0.15) is 0 Å². The Morgan fingerprint density at radius 1 is 0.714 bits per heavy atom. The summed E-state index contributed by atoms with van der Waals surface area (Å²) >= 11 is 0. The van der Waals surface area contributed by atoms with E-state index in [0.29, 0.717) is 0 Å². The number of hydrogen-bond donors (Lipinski definition) is 2. The number of rotatable bonds is 6. The van der Waals surface area contributed by atoms with Gasteiger partial charge in [-0.25, -0.2) is 0 Å². The number of hydrogen-bond acceptors (Lipinski definition) is 4. The maximum atomic E-state index is 10.2. The molecule has 4 heteroatoms. The minimum absolute atomic E-state index is 0.235. The fraction of sp³-hybridized carbons (Fsp3) is 0.294. The van der Waals surface area contributed by atoms with E-state index in [1.807, 2.05) is 0 Å². The number of benzene rings is 2. The molecule has 2 aromatic carbocycles. The van der Waals surface area contributed by atoms with Gasteiger partial charge in [-0.3, -0.25) is 0 Å². The molecule has 0 aliphatic heterocycles. The monoisotopic (exact) mass is 288 g/mol. The molecule has 2 rings (SSSR count). The van der Waals surface area contributed by atoms with Crippen molar-refractivity contribution >= 4 is 0 Å². The highest BCUT2D eigenvalue weighted by atomic mass is 16.5. The van der Waals surface area contributed by atoms with Crippen LogP contribution in [0.2, 0.25) is 0 Å². The van der Waals surface area contributed by atoms with Crippen LogP contribution in [0.25, 0.3) is 0 Å². The van der Waals surface area contributed by atoms with Crippen molar-refractivity contribution in [2.45, 2.75) is 18.6 Å². The molecular formula is C17H20O4. The molecule has 0 spiro atoms. The van der Waals surface area contributed by atoms with Gasteiger partial charge in [0.05, 0.1) is 26.4 Å². The van der Waals surface area contributed by atoms with Gasteiger partial charge < -0.3 is 19.7 Å². The van der Waals surface area contributed by atoms with Gasteiger partial charge >= 0.3 is 0 Å². The Labute approximate surface area is 124 Å². The summed E-state index contributed by atoms with van der Waals surface area (Å²) < 4.78 is 10.2. The lowest BCUT2D eigenvalue weighted by Crippen LogP contribution is -2.05. The van der Waals surface area contributed by atoms with Gasteiger partial charge in [0, 0.05) is 6.42 Å². The average Bonchev–Trinajstić information content (AvgIpc) is 2.55. The second-order valence-corrected chi connectivity index (χ2v) is 4.81. The van der Waals surface area contributed by atoms with Gasteiger partial charge in [-0.1, -0.05) is 24.3 Å². The smallest absolute Gasteiger partial charge is 0.118 e. The Bertz CT molecular complexity index is 497. The number of methoxy groups -OCH3 is 2. The van der Waals surface area contributed by atoms with Crippen molar-refractivity contribution in [2.75, 3.05) is 14.2 Å². The van der Waals surface area contributed by atoms with E-state index in [-0.39, 0.29) is 6.42 Å². The summed E-state index contributed by atoms with van der Waals surface area (Å²) in [6.07, 6.45) is -1.22. The highest BCUT2D eigenvalue weighted by molar-refractivity contribution is 5.30. The van der Waals surface area contributed by atoms with Crippen molar-refractivity contribution in [3.8, 4) is 11.5 Å². The zero-order valence-corrected chi connectivity index (χ0v) is 12.2. The van der Waals surface area contributed by atoms with Crippen molar-refractivity contribution < 1.29 is 19.7 Å². The van der Waals surface area contributed by atoms with Crippen molar-refractivity contribution in [1.82, 2.24) is 0 Å². The van der Waals surface area contributed by atoms with Crippen molar-refractivity contribution in [1.29, 1.82) is 0 Å². The first-order valence-electron chi connectivity index (χ1n) is 6.78. The van der Waals surface area contributed by atoms with Gasteiger partial charge in [0.25, 0.3) is 0 Å². The predicted octanol–water partition coefficient (Wildman–Crippen LogP) is 2.86. The van der Waals surface area contributed by atoms with E-state index in [2.05, 4.69) is 0 Å². The van der Waals surface area contributed by atoms with Crippen molar-refractivity contribution in [2.24, 2.45) is 0 Å². The predicted molar refractivity (Wildman–Crippen MR) is 80.5 cm³/mol. The third-order valence-corrected chi connectivity index (χ3v) is 3.45. The fourth-order valence-corrected chi connectivity index (χ4v) is 2.14. The molecule has 0 bridgehead atoms. The Morgan fingerprint density at radius 3 is 1.33 bits per heavy atom. The fourth-order valence-electron chi connectivity index (χ4n) is 2.14. The van der Waals surface area contributed by atoms with Crippen LogP contribution in [0.4, 0.5) is 0 Å². The first-order valence-corrected chi connectivity index (χ1v) is 6.78. The molecule has 0 aliphatic rings. The molecule has 112 valence electrons. The summed E-state index contributed by atoms with van der Waals surface area (Å²) in [6, 6.07) is 14.3. The van der Waals surface area contributed by atoms with Gasteiger partial charge in [-0.05, 0) is 35.4 Å². The lowest BCUT2D eigenvalue weighted by Gasteiger charge is -2.17. The van der Waals surface area contributed by atoms with Crippen LogP contribution in [-0.2, 0) is 0 Å². The molecule has 2 N–H and O–H groups in total. The van der Waals surface area contributed by atoms with Gasteiger partial charge in [0.2, 0.25) is 0 Å². The zero-order chi connectivity index (χ0) is 15.2. The second-order valence-electron chi connectivity index (χ2n) is 4.81. The first-order chi connectivity index (χ1) is 10.1. The highest BCUT2D eigenvalue weighted by Crippen LogP contribution is 2.28. The van der Waals surface area contributed by atoms with Crippen LogP contribution in [0.3, 0.4) is 0 Å². The van der Waals surface area contributed by atoms with Crippen LogP contribution < -0.4 is 9.47 Å². The molecular weight excluding hydrogens is 268 g/mol. The molecule has 21 heavy (non-hydrogen) atoms. The van der Waals surface area contributed by atoms with Crippen LogP contribution in [0.5, 0.6) is 11.5 Å². The SMILES string of the molecule is COc1ccc([C@@H](O)C[C@H](O)c2ccc(OC)cc2)cc1. The molecule has 2 atom stereocenters. The quantitative estimate of drug-likeness (QED) is 0.858. The standard InChI is InChI=1S/C17H20O4/c1-20-14-7-3-12(4-8-14)16(18)11-17(19)13-5-9-15(21-2)10-6-13/h3-10,16-19H,11H2,1-2H3/t16-,17-/m0/s1. The Hall–Kier alpha value is -2.04. The van der Waals surface area contributed by atoms with Crippen molar-refractivity contribution in [3.05, 3.63) is 59.7 Å². The van der Waals surface area contributed by atoms with Crippen LogP contribution in [0.15, 0.2) is 48.5 Å². The maximum absolute atomic E-state index is 10.2. The number of aliphatic hydroxyl groups is 2. The van der Waals surface area contributed by atoms with Crippen LogP contribution in [0.1, 0.15) is 29.8 Å². The van der Waals surface area contributed by atoms with E-state index in [4.69, 9.17) is 9.47 Å². The minimum Gasteiger partial charge on any atom is -0.497 e. The molecule has 0 heterocycles. The third kappa shape index (κ3) is 3.97. The normalized spacial score (nSPS) is 13.5. The van der Waals surface area contributed by atoms with Gasteiger partial charge in [-0.15, -0.1) is 0 Å². The molecule has 2 aromatic rings. The summed E-state index contributed by atoms with van der Waals surface area (Å²) in [5, 5.41) is 20.4. The third-order valence-electron chi connectivity index (χ3n) is 3.45. The molecule has 0 aromatic heterocycles. The number of ether oxygens (including phenoxy) is 2. The van der Waals surface area contributed by atoms with E-state index in [1.54, 1.807) is 62.8 Å². The average molecular weight is 288 g/mol. The summed E-state index contributed by atoms with van der Waals surface area (Å²) in [7, 11) is 3.19. The van der Waals surface area contributed by atoms with E-state index in [9.17, 15) is 10.2 Å². The molecule has 4 nitrogen and oxygen atoms in total. The molecule has 0 aliphatic carbocycles. The van der Waals surface area contributed by atoms with Crippen LogP contribution in [-0.4, -0.2) is 24.4 Å². The lowest BCUT2D eigenvalue weighted by atomic mass is 9.99. The van der Waals surface area contributed by atoms with Crippen LogP contribution in [0, 0.1) is 0 Å². The zero-order valence-electron chi connectivity index (χ0n) is 12.2. The summed E-state index contributed by atoms with van der Waals surface area (Å²) in [4.78, 5) is 0. The minimum atomic E-state index is -0.729. The molecule has 0 amide bonds.